The highest BCUT2D eigenvalue weighted by Crippen LogP contribution is 2.19. The molecule has 1 heterocycles. The van der Waals surface area contributed by atoms with Crippen LogP contribution in [0.15, 0.2) is 24.3 Å². The Balaban J connectivity index is 2.20. The van der Waals surface area contributed by atoms with Gasteiger partial charge in [-0.25, -0.2) is 4.98 Å². The summed E-state index contributed by atoms with van der Waals surface area (Å²) in [6.07, 6.45) is 2.38. The van der Waals surface area contributed by atoms with Crippen LogP contribution in [0.4, 0.5) is 0 Å². The Labute approximate surface area is 108 Å². The molecule has 0 amide bonds. The largest absolute Gasteiger partial charge is 0.341 e. The van der Waals surface area contributed by atoms with Gasteiger partial charge in [0.25, 0.3) is 0 Å². The van der Waals surface area contributed by atoms with Crippen molar-refractivity contribution in [1.29, 1.82) is 0 Å². The highest BCUT2D eigenvalue weighted by Gasteiger charge is 2.18. The molecule has 0 saturated carbocycles. The van der Waals surface area contributed by atoms with E-state index in [4.69, 9.17) is 5.73 Å². The van der Waals surface area contributed by atoms with Crippen LogP contribution >= 0.6 is 0 Å². The average molecular weight is 246 g/mol. The third-order valence-corrected chi connectivity index (χ3v) is 3.34. The van der Waals surface area contributed by atoms with Crippen molar-refractivity contribution >= 4 is 11.0 Å². The molecule has 0 aliphatic heterocycles. The molecule has 2 rings (SSSR count). The number of nitrogens with one attached hydrogen (secondary N) is 1. The van der Waals surface area contributed by atoms with Crippen LogP contribution < -0.4 is 5.73 Å². The predicted molar refractivity (Wildman–Crippen MR) is 75.4 cm³/mol. The van der Waals surface area contributed by atoms with Gasteiger partial charge in [0.1, 0.15) is 5.82 Å². The molecule has 0 aliphatic carbocycles. The van der Waals surface area contributed by atoms with E-state index >= 15 is 0 Å². The van der Waals surface area contributed by atoms with Gasteiger partial charge in [0.15, 0.2) is 0 Å². The highest BCUT2D eigenvalue weighted by molar-refractivity contribution is 5.74. The first-order chi connectivity index (χ1) is 8.76. The number of hydrogen-bond donors (Lipinski definition) is 2. The van der Waals surface area contributed by atoms with Gasteiger partial charge in [0, 0.05) is 6.54 Å². The standard InChI is InChI=1S/C14H22N4/c1-3-4-9-18(2)13(10-15)14-16-11-7-5-6-8-12(11)17-14/h5-8,13H,3-4,9-10,15H2,1-2H3,(H,16,17). The number of hydrogen-bond acceptors (Lipinski definition) is 3. The number of aromatic amines is 1. The van der Waals surface area contributed by atoms with E-state index in [2.05, 4.69) is 28.8 Å². The minimum absolute atomic E-state index is 0.170. The molecule has 0 bridgehead atoms. The summed E-state index contributed by atoms with van der Waals surface area (Å²) in [5, 5.41) is 0. The molecule has 1 aromatic carbocycles. The van der Waals surface area contributed by atoms with E-state index in [0.717, 1.165) is 23.4 Å². The topological polar surface area (TPSA) is 57.9 Å². The quantitative estimate of drug-likeness (QED) is 0.822. The van der Waals surface area contributed by atoms with Gasteiger partial charge in [-0.3, -0.25) is 4.90 Å². The van der Waals surface area contributed by atoms with Crippen LogP contribution in [-0.2, 0) is 0 Å². The van der Waals surface area contributed by atoms with Crippen molar-refractivity contribution in [3.05, 3.63) is 30.1 Å². The summed E-state index contributed by atoms with van der Waals surface area (Å²) in [7, 11) is 2.11. The summed E-state index contributed by atoms with van der Waals surface area (Å²) in [6.45, 7) is 3.84. The summed E-state index contributed by atoms with van der Waals surface area (Å²) in [5.74, 6) is 0.970. The average Bonchev–Trinajstić information content (AvgIpc) is 2.80. The molecule has 18 heavy (non-hydrogen) atoms. The van der Waals surface area contributed by atoms with Gasteiger partial charge < -0.3 is 10.7 Å². The first-order valence-electron chi connectivity index (χ1n) is 6.61. The van der Waals surface area contributed by atoms with Gasteiger partial charge in [-0.2, -0.15) is 0 Å². The molecule has 4 heteroatoms. The summed E-state index contributed by atoms with van der Waals surface area (Å²) < 4.78 is 0. The Morgan fingerprint density at radius 2 is 2.17 bits per heavy atom. The molecule has 0 radical (unpaired) electrons. The molecule has 0 aliphatic rings. The Hall–Kier alpha value is -1.39. The Morgan fingerprint density at radius 1 is 1.39 bits per heavy atom. The lowest BCUT2D eigenvalue weighted by molar-refractivity contribution is 0.239. The number of nitrogens with zero attached hydrogens (tertiary/aromatic N) is 2. The van der Waals surface area contributed by atoms with Crippen molar-refractivity contribution < 1.29 is 0 Å². The van der Waals surface area contributed by atoms with Gasteiger partial charge >= 0.3 is 0 Å². The van der Waals surface area contributed by atoms with E-state index in [1.54, 1.807) is 0 Å². The van der Waals surface area contributed by atoms with Crippen molar-refractivity contribution in [2.24, 2.45) is 5.73 Å². The van der Waals surface area contributed by atoms with Gasteiger partial charge in [-0.1, -0.05) is 25.5 Å². The normalized spacial score (nSPS) is 13.3. The van der Waals surface area contributed by atoms with Crippen molar-refractivity contribution in [3.63, 3.8) is 0 Å². The monoisotopic (exact) mass is 246 g/mol. The van der Waals surface area contributed by atoms with Crippen molar-refractivity contribution in [2.75, 3.05) is 20.1 Å². The van der Waals surface area contributed by atoms with Gasteiger partial charge in [0.05, 0.1) is 17.1 Å². The smallest absolute Gasteiger partial charge is 0.125 e. The number of aromatic nitrogens is 2. The number of imidazole rings is 1. The predicted octanol–water partition coefficient (Wildman–Crippen LogP) is 2.29. The lowest BCUT2D eigenvalue weighted by Gasteiger charge is -2.24. The summed E-state index contributed by atoms with van der Waals surface area (Å²) in [6, 6.07) is 8.26. The van der Waals surface area contributed by atoms with Crippen LogP contribution in [-0.4, -0.2) is 35.0 Å². The van der Waals surface area contributed by atoms with E-state index in [0.29, 0.717) is 6.54 Å². The first-order valence-corrected chi connectivity index (χ1v) is 6.61. The molecule has 1 atom stereocenters. The van der Waals surface area contributed by atoms with Crippen LogP contribution in [0.2, 0.25) is 0 Å². The van der Waals surface area contributed by atoms with Crippen LogP contribution in [0.5, 0.6) is 0 Å². The Bertz CT molecular complexity index is 458. The zero-order valence-corrected chi connectivity index (χ0v) is 11.2. The SMILES string of the molecule is CCCCN(C)C(CN)c1nc2ccccc2[nH]1. The molecule has 98 valence electrons. The molecule has 0 fully saturated rings. The minimum atomic E-state index is 0.170. The number of nitrogens with two attached hydrogens (primary N) is 1. The third kappa shape index (κ3) is 2.71. The van der Waals surface area contributed by atoms with E-state index < -0.39 is 0 Å². The fraction of sp³-hybridized carbons (Fsp3) is 0.500. The second-order valence-electron chi connectivity index (χ2n) is 4.72. The van der Waals surface area contributed by atoms with E-state index in [9.17, 15) is 0 Å². The lowest BCUT2D eigenvalue weighted by Crippen LogP contribution is -2.32. The summed E-state index contributed by atoms with van der Waals surface area (Å²) in [4.78, 5) is 10.3. The summed E-state index contributed by atoms with van der Waals surface area (Å²) >= 11 is 0. The zero-order valence-electron chi connectivity index (χ0n) is 11.2. The molecule has 4 nitrogen and oxygen atoms in total. The van der Waals surface area contributed by atoms with Gasteiger partial charge in [0.2, 0.25) is 0 Å². The highest BCUT2D eigenvalue weighted by atomic mass is 15.2. The maximum absolute atomic E-state index is 5.90. The van der Waals surface area contributed by atoms with Crippen LogP contribution in [0.25, 0.3) is 11.0 Å². The molecule has 3 N–H and O–H groups in total. The number of unbranched alkanes of at least 4 members (excludes halogenated alkanes) is 1. The molecule has 1 aromatic heterocycles. The maximum Gasteiger partial charge on any atom is 0.125 e. The fourth-order valence-corrected chi connectivity index (χ4v) is 2.19. The van der Waals surface area contributed by atoms with Gasteiger partial charge in [-0.15, -0.1) is 0 Å². The van der Waals surface area contributed by atoms with Crippen LogP contribution in [0.3, 0.4) is 0 Å². The number of H-pyrrole nitrogens is 1. The van der Waals surface area contributed by atoms with Crippen molar-refractivity contribution in [2.45, 2.75) is 25.8 Å². The Morgan fingerprint density at radius 3 is 2.83 bits per heavy atom. The second-order valence-corrected chi connectivity index (χ2v) is 4.72. The first kappa shape index (κ1) is 13.1. The minimum Gasteiger partial charge on any atom is -0.341 e. The maximum atomic E-state index is 5.90. The van der Waals surface area contributed by atoms with E-state index in [1.165, 1.54) is 12.8 Å². The Kier molecular flexibility index (Phi) is 4.33. The number of benzene rings is 1. The lowest BCUT2D eigenvalue weighted by atomic mass is 10.2. The second kappa shape index (κ2) is 5.98. The molecule has 0 spiro atoms. The van der Waals surface area contributed by atoms with Crippen molar-refractivity contribution in [3.8, 4) is 0 Å². The summed E-state index contributed by atoms with van der Waals surface area (Å²) in [5.41, 5.74) is 7.99. The van der Waals surface area contributed by atoms with Gasteiger partial charge in [-0.05, 0) is 32.1 Å². The van der Waals surface area contributed by atoms with Crippen LogP contribution in [0, 0.1) is 0 Å². The number of para-hydroxylation sites is 2. The number of rotatable bonds is 6. The molecular formula is C14H22N4. The molecule has 0 saturated heterocycles. The number of fused-ring (bicyclic) bond motifs is 1. The van der Waals surface area contributed by atoms with E-state index in [1.807, 2.05) is 24.3 Å². The zero-order chi connectivity index (χ0) is 13.0. The van der Waals surface area contributed by atoms with Crippen molar-refractivity contribution in [1.82, 2.24) is 14.9 Å². The third-order valence-electron chi connectivity index (χ3n) is 3.34. The van der Waals surface area contributed by atoms with E-state index in [-0.39, 0.29) is 6.04 Å². The van der Waals surface area contributed by atoms with Crippen LogP contribution in [0.1, 0.15) is 31.6 Å². The number of likely N-dealkylation sites (N-methyl/N-ethyl adjacent to an activating group) is 1. The molecule has 1 unspecified atom stereocenters. The molecule has 2 aromatic rings. The fourth-order valence-electron chi connectivity index (χ4n) is 2.19. The molecular weight excluding hydrogens is 224 g/mol.